The summed E-state index contributed by atoms with van der Waals surface area (Å²) in [6.45, 7) is 10.1. The highest BCUT2D eigenvalue weighted by atomic mass is 16.5. The summed E-state index contributed by atoms with van der Waals surface area (Å²) in [5.74, 6) is 2.56. The van der Waals surface area contributed by atoms with Crippen molar-refractivity contribution in [1.29, 1.82) is 0 Å². The minimum absolute atomic E-state index is 0.703. The first kappa shape index (κ1) is 16.6. The van der Waals surface area contributed by atoms with Crippen LogP contribution in [-0.2, 0) is 4.74 Å². The fourth-order valence-corrected chi connectivity index (χ4v) is 3.55. The maximum absolute atomic E-state index is 5.97. The molecule has 0 spiro atoms. The van der Waals surface area contributed by atoms with Gasteiger partial charge in [-0.05, 0) is 56.2 Å². The Morgan fingerprint density at radius 3 is 2.86 bits per heavy atom. The van der Waals surface area contributed by atoms with E-state index >= 15 is 0 Å². The Labute approximate surface area is 131 Å². The van der Waals surface area contributed by atoms with E-state index in [2.05, 4.69) is 43.9 Å². The summed E-state index contributed by atoms with van der Waals surface area (Å²) in [5.41, 5.74) is 0. The zero-order valence-electron chi connectivity index (χ0n) is 14.2. The number of nitrogens with zero attached hydrogens (tertiary/aromatic N) is 1. The van der Waals surface area contributed by atoms with Gasteiger partial charge in [-0.15, -0.1) is 0 Å². The Hall–Kier alpha value is -0.760. The van der Waals surface area contributed by atoms with E-state index in [1.807, 2.05) is 0 Å². The van der Waals surface area contributed by atoms with Crippen molar-refractivity contribution in [1.82, 2.24) is 4.90 Å². The molecule has 1 fully saturated rings. The second-order valence-corrected chi connectivity index (χ2v) is 6.69. The van der Waals surface area contributed by atoms with Gasteiger partial charge in [0, 0.05) is 12.6 Å². The Morgan fingerprint density at radius 1 is 1.33 bits per heavy atom. The van der Waals surface area contributed by atoms with E-state index in [1.54, 1.807) is 0 Å². The van der Waals surface area contributed by atoms with Gasteiger partial charge < -0.3 is 4.74 Å². The Kier molecular flexibility index (Phi) is 6.82. The summed E-state index contributed by atoms with van der Waals surface area (Å²) >= 11 is 0. The average molecular weight is 291 g/mol. The van der Waals surface area contributed by atoms with Gasteiger partial charge in [-0.25, -0.2) is 0 Å². The molecule has 3 atom stereocenters. The third kappa shape index (κ3) is 4.88. The molecule has 0 amide bonds. The van der Waals surface area contributed by atoms with Gasteiger partial charge in [0.2, 0.25) is 0 Å². The van der Waals surface area contributed by atoms with Crippen LogP contribution in [0.3, 0.4) is 0 Å². The highest BCUT2D eigenvalue weighted by Gasteiger charge is 2.20. The van der Waals surface area contributed by atoms with Crippen LogP contribution >= 0.6 is 0 Å². The van der Waals surface area contributed by atoms with Crippen LogP contribution < -0.4 is 0 Å². The molecule has 1 saturated heterocycles. The van der Waals surface area contributed by atoms with Crippen molar-refractivity contribution in [3.63, 3.8) is 0 Å². The number of hydrogen-bond acceptors (Lipinski definition) is 2. The standard InChI is InChI=1S/C19H33NO/c1-4-16(3)17-9-11-19(12-10-17)21-15-14-20-13-7-6-8-18(20)5-2/h9,11-12,16-18H,4-8,10,13-15H2,1-3H3. The molecule has 0 N–H and O–H groups in total. The van der Waals surface area contributed by atoms with Crippen molar-refractivity contribution in [3.8, 4) is 0 Å². The maximum atomic E-state index is 5.97. The molecule has 0 radical (unpaired) electrons. The van der Waals surface area contributed by atoms with Gasteiger partial charge in [0.25, 0.3) is 0 Å². The lowest BCUT2D eigenvalue weighted by Gasteiger charge is -2.35. The van der Waals surface area contributed by atoms with Crippen LogP contribution in [0.2, 0.25) is 0 Å². The topological polar surface area (TPSA) is 12.5 Å². The van der Waals surface area contributed by atoms with Crippen molar-refractivity contribution in [2.45, 2.75) is 65.3 Å². The first-order valence-corrected chi connectivity index (χ1v) is 8.99. The van der Waals surface area contributed by atoms with Gasteiger partial charge in [-0.1, -0.05) is 39.7 Å². The summed E-state index contributed by atoms with van der Waals surface area (Å²) in [4.78, 5) is 2.62. The summed E-state index contributed by atoms with van der Waals surface area (Å²) in [7, 11) is 0. The molecule has 1 heterocycles. The molecule has 2 rings (SSSR count). The predicted molar refractivity (Wildman–Crippen MR) is 90.2 cm³/mol. The smallest absolute Gasteiger partial charge is 0.115 e. The highest BCUT2D eigenvalue weighted by Crippen LogP contribution is 2.26. The Morgan fingerprint density at radius 2 is 2.19 bits per heavy atom. The summed E-state index contributed by atoms with van der Waals surface area (Å²) in [6, 6.07) is 0.785. The summed E-state index contributed by atoms with van der Waals surface area (Å²) in [6.07, 6.45) is 14.6. The van der Waals surface area contributed by atoms with Crippen molar-refractivity contribution in [2.24, 2.45) is 11.8 Å². The molecule has 1 aliphatic carbocycles. The van der Waals surface area contributed by atoms with Crippen LogP contribution in [0.4, 0.5) is 0 Å². The van der Waals surface area contributed by atoms with Gasteiger partial charge in [0.15, 0.2) is 0 Å². The monoisotopic (exact) mass is 291 g/mol. The lowest BCUT2D eigenvalue weighted by Crippen LogP contribution is -2.40. The first-order valence-electron chi connectivity index (χ1n) is 8.99. The molecule has 2 nitrogen and oxygen atoms in total. The molecular formula is C19H33NO. The molecule has 2 aliphatic rings. The van der Waals surface area contributed by atoms with Gasteiger partial charge in [0.1, 0.15) is 12.4 Å². The second-order valence-electron chi connectivity index (χ2n) is 6.69. The van der Waals surface area contributed by atoms with E-state index in [4.69, 9.17) is 4.74 Å². The van der Waals surface area contributed by atoms with Crippen LogP contribution in [0.25, 0.3) is 0 Å². The zero-order chi connectivity index (χ0) is 15.1. The van der Waals surface area contributed by atoms with Crippen LogP contribution in [-0.4, -0.2) is 30.6 Å². The second kappa shape index (κ2) is 8.63. The van der Waals surface area contributed by atoms with Crippen molar-refractivity contribution >= 4 is 0 Å². The third-order valence-electron chi connectivity index (χ3n) is 5.34. The summed E-state index contributed by atoms with van der Waals surface area (Å²) < 4.78 is 5.97. The van der Waals surface area contributed by atoms with Gasteiger partial charge in [-0.3, -0.25) is 4.90 Å². The number of ether oxygens (including phenoxy) is 1. The molecule has 0 aromatic heterocycles. The summed E-state index contributed by atoms with van der Waals surface area (Å²) in [5, 5.41) is 0. The molecule has 0 saturated carbocycles. The predicted octanol–water partition coefficient (Wildman–Crippen LogP) is 4.77. The normalized spacial score (nSPS) is 28.2. The zero-order valence-corrected chi connectivity index (χ0v) is 14.2. The Balaban J connectivity index is 1.70. The largest absolute Gasteiger partial charge is 0.493 e. The average Bonchev–Trinajstić information content (AvgIpc) is 2.55. The minimum Gasteiger partial charge on any atom is -0.493 e. The number of allylic oxidation sites excluding steroid dienone is 3. The van der Waals surface area contributed by atoms with E-state index in [-0.39, 0.29) is 0 Å². The number of rotatable bonds is 7. The van der Waals surface area contributed by atoms with Crippen LogP contribution in [0, 0.1) is 11.8 Å². The lowest BCUT2D eigenvalue weighted by atomic mass is 9.86. The van der Waals surface area contributed by atoms with Crippen LogP contribution in [0.1, 0.15) is 59.3 Å². The van der Waals surface area contributed by atoms with Crippen LogP contribution in [0.15, 0.2) is 24.0 Å². The molecule has 0 aromatic carbocycles. The van der Waals surface area contributed by atoms with E-state index < -0.39 is 0 Å². The van der Waals surface area contributed by atoms with Crippen LogP contribution in [0.5, 0.6) is 0 Å². The Bertz CT molecular complexity index is 361. The number of hydrogen-bond donors (Lipinski definition) is 0. The number of piperidine rings is 1. The quantitative estimate of drug-likeness (QED) is 0.669. The van der Waals surface area contributed by atoms with E-state index in [1.165, 1.54) is 38.6 Å². The molecule has 120 valence electrons. The highest BCUT2D eigenvalue weighted by molar-refractivity contribution is 5.18. The molecule has 3 unspecified atom stereocenters. The maximum Gasteiger partial charge on any atom is 0.115 e. The molecule has 21 heavy (non-hydrogen) atoms. The first-order chi connectivity index (χ1) is 10.2. The van der Waals surface area contributed by atoms with E-state index in [0.717, 1.165) is 37.3 Å². The fraction of sp³-hybridized carbons (Fsp3) is 0.789. The number of likely N-dealkylation sites (tertiary alicyclic amines) is 1. The molecule has 0 aromatic rings. The lowest BCUT2D eigenvalue weighted by molar-refractivity contribution is 0.101. The SMILES string of the molecule is CCC(C)C1C=CC(OCCN2CCCCC2CC)=CC1. The molecule has 2 heteroatoms. The van der Waals surface area contributed by atoms with Gasteiger partial charge in [0.05, 0.1) is 0 Å². The van der Waals surface area contributed by atoms with Gasteiger partial charge in [-0.2, -0.15) is 0 Å². The molecular weight excluding hydrogens is 258 g/mol. The fourth-order valence-electron chi connectivity index (χ4n) is 3.55. The van der Waals surface area contributed by atoms with Gasteiger partial charge >= 0.3 is 0 Å². The van der Waals surface area contributed by atoms with Crippen molar-refractivity contribution in [2.75, 3.05) is 19.7 Å². The van der Waals surface area contributed by atoms with E-state index in [9.17, 15) is 0 Å². The third-order valence-corrected chi connectivity index (χ3v) is 5.34. The van der Waals surface area contributed by atoms with Crippen molar-refractivity contribution < 1.29 is 4.74 Å². The molecule has 1 aliphatic heterocycles. The minimum atomic E-state index is 0.703. The van der Waals surface area contributed by atoms with Crippen molar-refractivity contribution in [3.05, 3.63) is 24.0 Å². The molecule has 0 bridgehead atoms. The van der Waals surface area contributed by atoms with E-state index in [0.29, 0.717) is 5.92 Å².